The maximum absolute atomic E-state index is 4.56. The molecule has 2 aromatic rings. The highest BCUT2D eigenvalue weighted by Crippen LogP contribution is 2.20. The number of nitrogens with zero attached hydrogens (tertiary/aromatic N) is 1. The van der Waals surface area contributed by atoms with Gasteiger partial charge in [0.05, 0.1) is 5.69 Å². The first-order valence-corrected chi connectivity index (χ1v) is 6.85. The van der Waals surface area contributed by atoms with Crippen LogP contribution in [0.15, 0.2) is 59.6 Å². The summed E-state index contributed by atoms with van der Waals surface area (Å²) in [5.41, 5.74) is 3.40. The summed E-state index contributed by atoms with van der Waals surface area (Å²) in [5, 5.41) is 0. The normalized spacial score (nSPS) is 11.9. The highest BCUT2D eigenvalue weighted by atomic mass is 79.9. The lowest BCUT2D eigenvalue weighted by atomic mass is 10.0. The van der Waals surface area contributed by atoms with E-state index < -0.39 is 0 Å². The van der Waals surface area contributed by atoms with Crippen LogP contribution in [0, 0.1) is 0 Å². The van der Waals surface area contributed by atoms with Crippen molar-refractivity contribution < 1.29 is 0 Å². The van der Waals surface area contributed by atoms with E-state index in [9.17, 15) is 0 Å². The van der Waals surface area contributed by atoms with Gasteiger partial charge in [0.15, 0.2) is 0 Å². The van der Waals surface area contributed by atoms with E-state index in [2.05, 4.69) is 59.0 Å². The molecule has 0 amide bonds. The molecule has 0 fully saturated rings. The van der Waals surface area contributed by atoms with E-state index in [-0.39, 0.29) is 0 Å². The number of aliphatic imine (C=N–C) groups is 1. The lowest BCUT2D eigenvalue weighted by Crippen LogP contribution is -1.94. The third kappa shape index (κ3) is 3.30. The first-order valence-electron chi connectivity index (χ1n) is 6.06. The lowest BCUT2D eigenvalue weighted by Gasteiger charge is -2.07. The predicted molar refractivity (Wildman–Crippen MR) is 82.1 cm³/mol. The summed E-state index contributed by atoms with van der Waals surface area (Å²) < 4.78 is 0.871. The minimum atomic E-state index is 0.530. The number of hydrogen-bond donors (Lipinski definition) is 0. The second kappa shape index (κ2) is 5.96. The first kappa shape index (κ1) is 13.0. The summed E-state index contributed by atoms with van der Waals surface area (Å²) >= 11 is 3.56. The monoisotopic (exact) mass is 301 g/mol. The topological polar surface area (TPSA) is 12.4 Å². The molecule has 0 saturated carbocycles. The SMILES string of the molecule is CC(C)c1cccc(C(Br)=Nc2ccccc2)c1. The van der Waals surface area contributed by atoms with Gasteiger partial charge in [-0.05, 0) is 45.6 Å². The maximum Gasteiger partial charge on any atom is 0.114 e. The molecule has 2 rings (SSSR count). The molecule has 0 N–H and O–H groups in total. The Bertz CT molecular complexity index is 544. The van der Waals surface area contributed by atoms with Gasteiger partial charge in [-0.1, -0.05) is 50.2 Å². The highest BCUT2D eigenvalue weighted by Gasteiger charge is 2.03. The van der Waals surface area contributed by atoms with E-state index in [4.69, 9.17) is 0 Å². The number of para-hydroxylation sites is 1. The van der Waals surface area contributed by atoms with Crippen molar-refractivity contribution in [2.24, 2.45) is 4.99 Å². The maximum atomic E-state index is 4.56. The van der Waals surface area contributed by atoms with Gasteiger partial charge in [0, 0.05) is 5.56 Å². The summed E-state index contributed by atoms with van der Waals surface area (Å²) in [6.45, 7) is 4.39. The van der Waals surface area contributed by atoms with Crippen LogP contribution in [0.5, 0.6) is 0 Å². The molecular weight excluding hydrogens is 286 g/mol. The van der Waals surface area contributed by atoms with Gasteiger partial charge in [-0.2, -0.15) is 0 Å². The molecule has 2 heteroatoms. The molecule has 1 nitrogen and oxygen atoms in total. The minimum absolute atomic E-state index is 0.530. The Hall–Kier alpha value is -1.41. The Morgan fingerprint density at radius 2 is 1.72 bits per heavy atom. The fraction of sp³-hybridized carbons (Fsp3) is 0.188. The van der Waals surface area contributed by atoms with Crippen LogP contribution in [0.1, 0.15) is 30.9 Å². The molecule has 0 aromatic heterocycles. The molecule has 0 aliphatic heterocycles. The molecule has 0 radical (unpaired) electrons. The van der Waals surface area contributed by atoms with E-state index in [1.165, 1.54) is 5.56 Å². The number of halogens is 1. The second-order valence-electron chi connectivity index (χ2n) is 4.52. The average Bonchev–Trinajstić information content (AvgIpc) is 2.40. The van der Waals surface area contributed by atoms with Crippen molar-refractivity contribution in [2.45, 2.75) is 19.8 Å². The quantitative estimate of drug-likeness (QED) is 0.684. The molecule has 0 aliphatic rings. The van der Waals surface area contributed by atoms with Crippen LogP contribution in [0.2, 0.25) is 0 Å². The summed E-state index contributed by atoms with van der Waals surface area (Å²) in [6, 6.07) is 18.4. The first-order chi connectivity index (χ1) is 8.66. The zero-order valence-corrected chi connectivity index (χ0v) is 12.2. The van der Waals surface area contributed by atoms with Crippen LogP contribution in [0.3, 0.4) is 0 Å². The van der Waals surface area contributed by atoms with Crippen molar-refractivity contribution >= 4 is 26.2 Å². The van der Waals surface area contributed by atoms with E-state index >= 15 is 0 Å². The second-order valence-corrected chi connectivity index (χ2v) is 5.27. The van der Waals surface area contributed by atoms with Gasteiger partial charge in [0.2, 0.25) is 0 Å². The van der Waals surface area contributed by atoms with Gasteiger partial charge in [0.25, 0.3) is 0 Å². The molecule has 0 saturated heterocycles. The molecule has 0 bridgehead atoms. The summed E-state index contributed by atoms with van der Waals surface area (Å²) in [6.07, 6.45) is 0. The zero-order chi connectivity index (χ0) is 13.0. The van der Waals surface area contributed by atoms with Crippen molar-refractivity contribution in [2.75, 3.05) is 0 Å². The molecule has 0 unspecified atom stereocenters. The molecule has 0 spiro atoms. The fourth-order valence-electron chi connectivity index (χ4n) is 1.71. The van der Waals surface area contributed by atoms with Gasteiger partial charge in [0.1, 0.15) is 4.62 Å². The van der Waals surface area contributed by atoms with Gasteiger partial charge in [-0.3, -0.25) is 0 Å². The van der Waals surface area contributed by atoms with Crippen LogP contribution in [-0.4, -0.2) is 4.62 Å². The van der Waals surface area contributed by atoms with Gasteiger partial charge in [-0.25, -0.2) is 4.99 Å². The van der Waals surface area contributed by atoms with Crippen molar-refractivity contribution in [1.29, 1.82) is 0 Å². The standard InChI is InChI=1S/C16H16BrN/c1-12(2)13-7-6-8-14(11-13)16(17)18-15-9-4-3-5-10-15/h3-12H,1-2H3. The number of rotatable bonds is 3. The third-order valence-corrected chi connectivity index (χ3v) is 3.41. The molecule has 0 atom stereocenters. The van der Waals surface area contributed by atoms with Crippen molar-refractivity contribution in [1.82, 2.24) is 0 Å². The van der Waals surface area contributed by atoms with Gasteiger partial charge in [-0.15, -0.1) is 0 Å². The van der Waals surface area contributed by atoms with Crippen LogP contribution in [0.25, 0.3) is 0 Å². The fourth-order valence-corrected chi connectivity index (χ4v) is 2.16. The largest absolute Gasteiger partial charge is 0.241 e. The summed E-state index contributed by atoms with van der Waals surface area (Å²) in [7, 11) is 0. The molecular formula is C16H16BrN. The molecule has 0 aliphatic carbocycles. The van der Waals surface area contributed by atoms with Crippen molar-refractivity contribution in [3.63, 3.8) is 0 Å². The average molecular weight is 302 g/mol. The van der Waals surface area contributed by atoms with Crippen LogP contribution in [-0.2, 0) is 0 Å². The zero-order valence-electron chi connectivity index (χ0n) is 10.6. The van der Waals surface area contributed by atoms with Gasteiger partial charge >= 0.3 is 0 Å². The Kier molecular flexibility index (Phi) is 4.32. The van der Waals surface area contributed by atoms with Gasteiger partial charge < -0.3 is 0 Å². The number of hydrogen-bond acceptors (Lipinski definition) is 1. The summed E-state index contributed by atoms with van der Waals surface area (Å²) in [5.74, 6) is 0.530. The smallest absolute Gasteiger partial charge is 0.114 e. The van der Waals surface area contributed by atoms with E-state index in [1.54, 1.807) is 0 Å². The highest BCUT2D eigenvalue weighted by molar-refractivity contribution is 9.18. The van der Waals surface area contributed by atoms with E-state index in [0.717, 1.165) is 15.9 Å². The van der Waals surface area contributed by atoms with E-state index in [0.29, 0.717) is 5.92 Å². The molecule has 18 heavy (non-hydrogen) atoms. The third-order valence-electron chi connectivity index (χ3n) is 2.77. The lowest BCUT2D eigenvalue weighted by molar-refractivity contribution is 0.866. The Morgan fingerprint density at radius 1 is 1.00 bits per heavy atom. The van der Waals surface area contributed by atoms with Crippen LogP contribution >= 0.6 is 15.9 Å². The van der Waals surface area contributed by atoms with E-state index in [1.807, 2.05) is 30.3 Å². The number of benzene rings is 2. The minimum Gasteiger partial charge on any atom is -0.241 e. The Balaban J connectivity index is 2.31. The van der Waals surface area contributed by atoms with Crippen LogP contribution in [0.4, 0.5) is 5.69 Å². The Labute approximate surface area is 117 Å². The van der Waals surface area contributed by atoms with Crippen molar-refractivity contribution in [3.8, 4) is 0 Å². The molecule has 0 heterocycles. The van der Waals surface area contributed by atoms with Crippen molar-refractivity contribution in [3.05, 3.63) is 65.7 Å². The molecule has 2 aromatic carbocycles. The van der Waals surface area contributed by atoms with Crippen LogP contribution < -0.4 is 0 Å². The molecule has 92 valence electrons. The Morgan fingerprint density at radius 3 is 2.39 bits per heavy atom. The predicted octanol–water partition coefficient (Wildman–Crippen LogP) is 5.28. The summed E-state index contributed by atoms with van der Waals surface area (Å²) in [4.78, 5) is 4.56.